The molecule has 1 saturated heterocycles. The van der Waals surface area contributed by atoms with Crippen LogP contribution in [0.2, 0.25) is 0 Å². The van der Waals surface area contributed by atoms with Gasteiger partial charge in [0.15, 0.2) is 0 Å². The second-order valence-electron chi connectivity index (χ2n) is 7.88. The summed E-state index contributed by atoms with van der Waals surface area (Å²) < 4.78 is 5.78. The Hall–Kier alpha value is -2.29. The number of fused-ring (bicyclic) bond motifs is 3. The van der Waals surface area contributed by atoms with Crippen molar-refractivity contribution < 1.29 is 9.53 Å². The molecule has 0 radical (unpaired) electrons. The molecule has 1 fully saturated rings. The molecule has 0 N–H and O–H groups in total. The molecule has 2 aromatic rings. The summed E-state index contributed by atoms with van der Waals surface area (Å²) in [6.45, 7) is 4.34. The van der Waals surface area contributed by atoms with Crippen LogP contribution < -0.4 is 0 Å². The van der Waals surface area contributed by atoms with Crippen molar-refractivity contribution in [3.8, 4) is 11.1 Å². The van der Waals surface area contributed by atoms with E-state index in [-0.39, 0.29) is 12.0 Å². The fourth-order valence-corrected chi connectivity index (χ4v) is 4.58. The van der Waals surface area contributed by atoms with Gasteiger partial charge in [0.05, 0.1) is 0 Å². The maximum atomic E-state index is 12.6. The van der Waals surface area contributed by atoms with Gasteiger partial charge in [0.1, 0.15) is 6.61 Å². The first-order chi connectivity index (χ1) is 13.3. The number of hydrogen-bond donors (Lipinski definition) is 0. The second-order valence-corrected chi connectivity index (χ2v) is 7.88. The molecule has 2 aliphatic rings. The van der Waals surface area contributed by atoms with E-state index in [0.29, 0.717) is 6.61 Å². The quantitative estimate of drug-likeness (QED) is 0.668. The number of carbonyl (C=O) groups excluding carboxylic acids is 1. The van der Waals surface area contributed by atoms with Crippen molar-refractivity contribution in [3.05, 3.63) is 59.7 Å². The number of amides is 1. The number of unbranched alkanes of at least 4 members (excludes halogenated alkanes) is 1. The van der Waals surface area contributed by atoms with Crippen LogP contribution in [0.15, 0.2) is 48.5 Å². The molecule has 0 atom stereocenters. The minimum absolute atomic E-state index is 0.142. The van der Waals surface area contributed by atoms with Crippen LogP contribution in [0.25, 0.3) is 11.1 Å². The summed E-state index contributed by atoms with van der Waals surface area (Å²) in [6.07, 6.45) is 5.94. The normalized spacial score (nSPS) is 16.9. The number of rotatable bonds is 5. The van der Waals surface area contributed by atoms with Crippen molar-refractivity contribution in [1.82, 2.24) is 4.90 Å². The van der Waals surface area contributed by atoms with Gasteiger partial charge in [-0.3, -0.25) is 0 Å². The Bertz CT molecular complexity index is 747. The molecule has 142 valence electrons. The van der Waals surface area contributed by atoms with E-state index in [2.05, 4.69) is 55.5 Å². The molecule has 27 heavy (non-hydrogen) atoms. The molecule has 1 aliphatic heterocycles. The van der Waals surface area contributed by atoms with E-state index < -0.39 is 0 Å². The van der Waals surface area contributed by atoms with Crippen LogP contribution in [0.3, 0.4) is 0 Å². The van der Waals surface area contributed by atoms with E-state index in [1.807, 2.05) is 4.90 Å². The maximum absolute atomic E-state index is 12.6. The summed E-state index contributed by atoms with van der Waals surface area (Å²) >= 11 is 0. The highest BCUT2D eigenvalue weighted by atomic mass is 16.6. The number of ether oxygens (including phenoxy) is 1. The predicted molar refractivity (Wildman–Crippen MR) is 109 cm³/mol. The van der Waals surface area contributed by atoms with Crippen LogP contribution in [0.5, 0.6) is 0 Å². The lowest BCUT2D eigenvalue weighted by Crippen LogP contribution is -2.39. The van der Waals surface area contributed by atoms with Crippen molar-refractivity contribution in [3.63, 3.8) is 0 Å². The third kappa shape index (κ3) is 3.73. The van der Waals surface area contributed by atoms with Crippen molar-refractivity contribution in [2.75, 3.05) is 19.7 Å². The van der Waals surface area contributed by atoms with Crippen LogP contribution >= 0.6 is 0 Å². The second kappa shape index (κ2) is 8.16. The monoisotopic (exact) mass is 363 g/mol. The van der Waals surface area contributed by atoms with Crippen LogP contribution in [-0.4, -0.2) is 30.7 Å². The SMILES string of the molecule is CCCCC1CCN(C(=O)OCC2c3ccccc3-c3ccccc32)CC1. The molecule has 1 amide bonds. The van der Waals surface area contributed by atoms with E-state index in [0.717, 1.165) is 31.8 Å². The van der Waals surface area contributed by atoms with E-state index in [4.69, 9.17) is 4.74 Å². The fraction of sp³-hybridized carbons (Fsp3) is 0.458. The molecule has 1 aliphatic carbocycles. The standard InChI is InChI=1S/C24H29NO2/c1-2-3-8-18-13-15-25(16-14-18)24(26)27-17-23-21-11-6-4-9-19(21)20-10-5-7-12-22(20)23/h4-7,9-12,18,23H,2-3,8,13-17H2,1H3. The zero-order valence-corrected chi connectivity index (χ0v) is 16.2. The van der Waals surface area contributed by atoms with Crippen LogP contribution in [-0.2, 0) is 4.74 Å². The maximum Gasteiger partial charge on any atom is 0.409 e. The summed E-state index contributed by atoms with van der Waals surface area (Å²) in [6, 6.07) is 16.9. The minimum Gasteiger partial charge on any atom is -0.448 e. The van der Waals surface area contributed by atoms with E-state index in [1.165, 1.54) is 41.5 Å². The molecule has 3 nitrogen and oxygen atoms in total. The summed E-state index contributed by atoms with van der Waals surface area (Å²) in [7, 11) is 0. The molecule has 3 heteroatoms. The smallest absolute Gasteiger partial charge is 0.409 e. The van der Waals surface area contributed by atoms with Gasteiger partial charge < -0.3 is 9.64 Å². The molecular weight excluding hydrogens is 334 g/mol. The van der Waals surface area contributed by atoms with Gasteiger partial charge in [0.25, 0.3) is 0 Å². The van der Waals surface area contributed by atoms with Gasteiger partial charge in [0.2, 0.25) is 0 Å². The van der Waals surface area contributed by atoms with Gasteiger partial charge in [-0.25, -0.2) is 4.79 Å². The highest BCUT2D eigenvalue weighted by Gasteiger charge is 2.30. The van der Waals surface area contributed by atoms with Gasteiger partial charge in [-0.1, -0.05) is 74.7 Å². The summed E-state index contributed by atoms with van der Waals surface area (Å²) in [4.78, 5) is 14.5. The molecule has 2 aromatic carbocycles. The van der Waals surface area contributed by atoms with Gasteiger partial charge >= 0.3 is 6.09 Å². The van der Waals surface area contributed by atoms with Crippen molar-refractivity contribution in [1.29, 1.82) is 0 Å². The third-order valence-corrected chi connectivity index (χ3v) is 6.17. The molecule has 1 heterocycles. The predicted octanol–water partition coefficient (Wildman–Crippen LogP) is 5.84. The number of likely N-dealkylation sites (tertiary alicyclic amines) is 1. The number of piperidine rings is 1. The molecule has 0 unspecified atom stereocenters. The summed E-state index contributed by atoms with van der Waals surface area (Å²) in [5, 5.41) is 0. The van der Waals surface area contributed by atoms with Crippen molar-refractivity contribution in [2.24, 2.45) is 5.92 Å². The minimum atomic E-state index is -0.147. The molecule has 0 aromatic heterocycles. The fourth-order valence-electron chi connectivity index (χ4n) is 4.58. The molecule has 4 rings (SSSR count). The number of hydrogen-bond acceptors (Lipinski definition) is 2. The Morgan fingerprint density at radius 2 is 1.59 bits per heavy atom. The zero-order chi connectivity index (χ0) is 18.6. The average Bonchev–Trinajstić information content (AvgIpc) is 3.05. The van der Waals surface area contributed by atoms with Gasteiger partial charge in [-0.2, -0.15) is 0 Å². The Labute approximate surface area is 162 Å². The van der Waals surface area contributed by atoms with Crippen molar-refractivity contribution >= 4 is 6.09 Å². The summed E-state index contributed by atoms with van der Waals surface area (Å²) in [5.41, 5.74) is 5.08. The number of benzene rings is 2. The zero-order valence-electron chi connectivity index (χ0n) is 16.2. The van der Waals surface area contributed by atoms with Gasteiger partial charge in [-0.05, 0) is 41.0 Å². The number of nitrogens with zero attached hydrogens (tertiary/aromatic N) is 1. The summed E-state index contributed by atoms with van der Waals surface area (Å²) in [5.74, 6) is 0.922. The number of carbonyl (C=O) groups is 1. The molecule has 0 bridgehead atoms. The van der Waals surface area contributed by atoms with Crippen LogP contribution in [0.4, 0.5) is 4.79 Å². The van der Waals surface area contributed by atoms with Gasteiger partial charge in [-0.15, -0.1) is 0 Å². The Morgan fingerprint density at radius 3 is 2.19 bits per heavy atom. The first-order valence-corrected chi connectivity index (χ1v) is 10.4. The van der Waals surface area contributed by atoms with Crippen LogP contribution in [0.1, 0.15) is 56.1 Å². The van der Waals surface area contributed by atoms with Crippen molar-refractivity contribution in [2.45, 2.75) is 44.9 Å². The van der Waals surface area contributed by atoms with Gasteiger partial charge in [0, 0.05) is 19.0 Å². The van der Waals surface area contributed by atoms with E-state index in [1.54, 1.807) is 0 Å². The van der Waals surface area contributed by atoms with E-state index >= 15 is 0 Å². The third-order valence-electron chi connectivity index (χ3n) is 6.17. The molecule has 0 spiro atoms. The topological polar surface area (TPSA) is 29.5 Å². The Morgan fingerprint density at radius 1 is 1.00 bits per heavy atom. The lowest BCUT2D eigenvalue weighted by Gasteiger charge is -2.31. The van der Waals surface area contributed by atoms with Crippen LogP contribution in [0, 0.1) is 5.92 Å². The lowest BCUT2D eigenvalue weighted by molar-refractivity contribution is 0.0845. The molecular formula is C24H29NO2. The molecule has 0 saturated carbocycles. The lowest BCUT2D eigenvalue weighted by atomic mass is 9.92. The highest BCUT2D eigenvalue weighted by Crippen LogP contribution is 2.44. The largest absolute Gasteiger partial charge is 0.448 e. The Kier molecular flexibility index (Phi) is 5.47. The van der Waals surface area contributed by atoms with E-state index in [9.17, 15) is 4.79 Å². The first-order valence-electron chi connectivity index (χ1n) is 10.4. The first kappa shape index (κ1) is 18.1. The average molecular weight is 364 g/mol. The highest BCUT2D eigenvalue weighted by molar-refractivity contribution is 5.79. The Balaban J connectivity index is 1.37.